The molecule has 1 N–H and O–H groups in total. The maximum Gasteiger partial charge on any atom is 0.238 e. The fraction of sp³-hybridized carbons (Fsp3) is 0.412. The van der Waals surface area contributed by atoms with Gasteiger partial charge in [-0.25, -0.2) is 0 Å². The Morgan fingerprint density at radius 3 is 2.91 bits per heavy atom. The number of thioether (sulfide) groups is 1. The van der Waals surface area contributed by atoms with E-state index in [0.29, 0.717) is 0 Å². The molecule has 22 heavy (non-hydrogen) atoms. The van der Waals surface area contributed by atoms with E-state index in [1.807, 2.05) is 45.4 Å². The molecule has 4 nitrogen and oxygen atoms in total. The molecule has 0 aliphatic carbocycles. The van der Waals surface area contributed by atoms with E-state index in [0.717, 1.165) is 23.3 Å². The van der Waals surface area contributed by atoms with Gasteiger partial charge in [0.05, 0.1) is 11.7 Å². The number of hydrogen-bond acceptors (Lipinski definition) is 3. The number of fused-ring (bicyclic) bond motifs is 1. The van der Waals surface area contributed by atoms with Gasteiger partial charge in [-0.1, -0.05) is 24.3 Å². The lowest BCUT2D eigenvalue weighted by Gasteiger charge is -2.30. The molecule has 1 atom stereocenters. The van der Waals surface area contributed by atoms with Crippen molar-refractivity contribution < 1.29 is 4.79 Å². The van der Waals surface area contributed by atoms with Crippen LogP contribution in [-0.2, 0) is 23.8 Å². The van der Waals surface area contributed by atoms with Gasteiger partial charge in [0.1, 0.15) is 5.25 Å². The summed E-state index contributed by atoms with van der Waals surface area (Å²) in [6, 6.07) is 8.25. The molecule has 0 saturated heterocycles. The van der Waals surface area contributed by atoms with E-state index in [1.165, 1.54) is 5.56 Å². The van der Waals surface area contributed by atoms with Crippen molar-refractivity contribution in [3.8, 4) is 0 Å². The summed E-state index contributed by atoms with van der Waals surface area (Å²) in [5.41, 5.74) is 3.02. The molecule has 1 aromatic heterocycles. The Labute approximate surface area is 135 Å². The quantitative estimate of drug-likeness (QED) is 0.947. The molecule has 0 saturated carbocycles. The molecule has 1 aliphatic heterocycles. The fourth-order valence-corrected chi connectivity index (χ4v) is 3.99. The van der Waals surface area contributed by atoms with E-state index in [-0.39, 0.29) is 11.2 Å². The lowest BCUT2D eigenvalue weighted by molar-refractivity contribution is -0.122. The molecular formula is C17H21N3OS. The predicted molar refractivity (Wildman–Crippen MR) is 89.7 cm³/mol. The third kappa shape index (κ3) is 2.90. The first-order chi connectivity index (χ1) is 10.5. The van der Waals surface area contributed by atoms with Gasteiger partial charge in [0.2, 0.25) is 5.91 Å². The summed E-state index contributed by atoms with van der Waals surface area (Å²) in [5.74, 6) is 1.06. The van der Waals surface area contributed by atoms with Crippen LogP contribution in [0.1, 0.15) is 35.8 Å². The highest BCUT2D eigenvalue weighted by Crippen LogP contribution is 2.37. The van der Waals surface area contributed by atoms with Crippen LogP contribution in [0, 0.1) is 0 Å². The second-order valence-electron chi connectivity index (χ2n) is 6.22. The summed E-state index contributed by atoms with van der Waals surface area (Å²) in [6.45, 7) is 4.03. The van der Waals surface area contributed by atoms with Gasteiger partial charge in [0, 0.05) is 18.8 Å². The van der Waals surface area contributed by atoms with Crippen LogP contribution in [0.15, 0.2) is 36.7 Å². The summed E-state index contributed by atoms with van der Waals surface area (Å²) >= 11 is 1.72. The Morgan fingerprint density at radius 2 is 2.18 bits per heavy atom. The first kappa shape index (κ1) is 15.2. The van der Waals surface area contributed by atoms with E-state index in [1.54, 1.807) is 16.4 Å². The zero-order chi connectivity index (χ0) is 15.7. The van der Waals surface area contributed by atoms with Gasteiger partial charge in [-0.15, -0.1) is 11.8 Å². The molecule has 0 bridgehead atoms. The third-order valence-corrected chi connectivity index (χ3v) is 5.34. The maximum absolute atomic E-state index is 12.8. The van der Waals surface area contributed by atoms with Gasteiger partial charge >= 0.3 is 0 Å². The summed E-state index contributed by atoms with van der Waals surface area (Å²) in [6.07, 6.45) is 4.79. The molecule has 1 aliphatic rings. The van der Waals surface area contributed by atoms with Crippen molar-refractivity contribution in [3.05, 3.63) is 53.3 Å². The number of carbonyl (C=O) groups is 1. The van der Waals surface area contributed by atoms with Crippen LogP contribution in [0.4, 0.5) is 0 Å². The zero-order valence-corrected chi connectivity index (χ0v) is 14.0. The Bertz CT molecular complexity index is 693. The van der Waals surface area contributed by atoms with Crippen LogP contribution in [0.25, 0.3) is 0 Å². The highest BCUT2D eigenvalue weighted by molar-refractivity contribution is 8.00. The number of aryl methyl sites for hydroxylation is 2. The van der Waals surface area contributed by atoms with Gasteiger partial charge in [0.25, 0.3) is 0 Å². The minimum atomic E-state index is -0.432. The SMILES string of the molecule is Cn1cc(C(C)(C)NC(=O)[C@@H]2SCCc3ccccc32)cn1. The molecule has 0 radical (unpaired) electrons. The number of nitrogens with one attached hydrogen (secondary N) is 1. The molecule has 1 amide bonds. The number of rotatable bonds is 3. The summed E-state index contributed by atoms with van der Waals surface area (Å²) in [4.78, 5) is 12.8. The number of benzene rings is 1. The van der Waals surface area contributed by atoms with Crippen molar-refractivity contribution in [2.45, 2.75) is 31.1 Å². The van der Waals surface area contributed by atoms with Gasteiger partial charge < -0.3 is 5.32 Å². The monoisotopic (exact) mass is 315 g/mol. The summed E-state index contributed by atoms with van der Waals surface area (Å²) < 4.78 is 1.76. The number of nitrogens with zero attached hydrogens (tertiary/aromatic N) is 2. The van der Waals surface area contributed by atoms with Crippen LogP contribution >= 0.6 is 11.8 Å². The summed E-state index contributed by atoms with van der Waals surface area (Å²) in [7, 11) is 1.88. The Morgan fingerprint density at radius 1 is 1.41 bits per heavy atom. The number of carbonyl (C=O) groups excluding carboxylic acids is 1. The topological polar surface area (TPSA) is 46.9 Å². The smallest absolute Gasteiger partial charge is 0.238 e. The van der Waals surface area contributed by atoms with E-state index in [4.69, 9.17) is 0 Å². The highest BCUT2D eigenvalue weighted by atomic mass is 32.2. The first-order valence-electron chi connectivity index (χ1n) is 7.48. The van der Waals surface area contributed by atoms with Crippen molar-refractivity contribution in [2.75, 3.05) is 5.75 Å². The lowest BCUT2D eigenvalue weighted by Crippen LogP contribution is -2.43. The molecule has 2 heterocycles. The van der Waals surface area contributed by atoms with Crippen molar-refractivity contribution in [3.63, 3.8) is 0 Å². The number of aromatic nitrogens is 2. The molecule has 5 heteroatoms. The van der Waals surface area contributed by atoms with E-state index in [9.17, 15) is 4.79 Å². The van der Waals surface area contributed by atoms with Gasteiger partial charge in [-0.2, -0.15) is 5.10 Å². The van der Waals surface area contributed by atoms with Crippen molar-refractivity contribution in [2.24, 2.45) is 7.05 Å². The molecule has 2 aromatic rings. The molecule has 1 aromatic carbocycles. The van der Waals surface area contributed by atoms with Crippen molar-refractivity contribution in [1.29, 1.82) is 0 Å². The molecule has 0 unspecified atom stereocenters. The average Bonchev–Trinajstić information content (AvgIpc) is 2.94. The lowest BCUT2D eigenvalue weighted by atomic mass is 9.96. The predicted octanol–water partition coefficient (Wildman–Crippen LogP) is 2.80. The van der Waals surface area contributed by atoms with Crippen LogP contribution in [0.2, 0.25) is 0 Å². The zero-order valence-electron chi connectivity index (χ0n) is 13.2. The van der Waals surface area contributed by atoms with Crippen LogP contribution < -0.4 is 5.32 Å². The van der Waals surface area contributed by atoms with Crippen LogP contribution in [-0.4, -0.2) is 21.4 Å². The number of amides is 1. The Balaban J connectivity index is 1.81. The van der Waals surface area contributed by atoms with E-state index >= 15 is 0 Å². The normalized spacial score (nSPS) is 17.9. The first-order valence-corrected chi connectivity index (χ1v) is 8.53. The molecule has 0 fully saturated rings. The Hall–Kier alpha value is -1.75. The maximum atomic E-state index is 12.8. The second-order valence-corrected chi connectivity index (χ2v) is 7.43. The van der Waals surface area contributed by atoms with Crippen molar-refractivity contribution in [1.82, 2.24) is 15.1 Å². The minimum Gasteiger partial charge on any atom is -0.346 e. The average molecular weight is 315 g/mol. The van der Waals surface area contributed by atoms with Crippen molar-refractivity contribution >= 4 is 17.7 Å². The molecule has 116 valence electrons. The van der Waals surface area contributed by atoms with E-state index < -0.39 is 5.54 Å². The molecule has 0 spiro atoms. The fourth-order valence-electron chi connectivity index (χ4n) is 2.80. The minimum absolute atomic E-state index is 0.0750. The highest BCUT2D eigenvalue weighted by Gasteiger charge is 2.31. The Kier molecular flexibility index (Phi) is 4.00. The van der Waals surface area contributed by atoms with E-state index in [2.05, 4.69) is 22.5 Å². The summed E-state index contributed by atoms with van der Waals surface area (Å²) in [5, 5.41) is 7.26. The van der Waals surface area contributed by atoms with Gasteiger partial charge in [0.15, 0.2) is 0 Å². The molecular weight excluding hydrogens is 294 g/mol. The van der Waals surface area contributed by atoms with Crippen LogP contribution in [0.3, 0.4) is 0 Å². The second kappa shape index (κ2) is 5.80. The number of hydrogen-bond donors (Lipinski definition) is 1. The third-order valence-electron chi connectivity index (χ3n) is 4.09. The standard InChI is InChI=1S/C17H21N3OS/c1-17(2,13-10-18-20(3)11-13)19-16(21)15-14-7-5-4-6-12(14)8-9-22-15/h4-7,10-11,15H,8-9H2,1-3H3,(H,19,21)/t15-/m1/s1. The van der Waals surface area contributed by atoms with Crippen LogP contribution in [0.5, 0.6) is 0 Å². The largest absolute Gasteiger partial charge is 0.346 e. The van der Waals surface area contributed by atoms with Gasteiger partial charge in [-0.05, 0) is 37.1 Å². The van der Waals surface area contributed by atoms with Gasteiger partial charge in [-0.3, -0.25) is 9.48 Å². The molecule has 3 rings (SSSR count).